The standard InChI is InChI=1S/C28H36ClNO/c1-19(12-23-6-4-5-7-26(23)31-3)30-20(2)27-14-21-13-22(15-27)17-28(16-21,18-27)24-8-10-25(29)11-9-24/h4-11,19-22,30H,12-18H2,1-3H3/t19-,20+,21-,22-,27?,28?/m1/s1. The van der Waals surface area contributed by atoms with Gasteiger partial charge in [0.25, 0.3) is 0 Å². The van der Waals surface area contributed by atoms with Crippen molar-refractivity contribution in [2.75, 3.05) is 7.11 Å². The minimum absolute atomic E-state index is 0.358. The van der Waals surface area contributed by atoms with E-state index in [9.17, 15) is 0 Å². The fraction of sp³-hybridized carbons (Fsp3) is 0.571. The van der Waals surface area contributed by atoms with Crippen LogP contribution in [0.25, 0.3) is 0 Å². The van der Waals surface area contributed by atoms with Crippen molar-refractivity contribution in [3.8, 4) is 5.75 Å². The maximum absolute atomic E-state index is 6.22. The van der Waals surface area contributed by atoms with Crippen LogP contribution in [0.15, 0.2) is 48.5 Å². The van der Waals surface area contributed by atoms with E-state index in [4.69, 9.17) is 16.3 Å². The van der Waals surface area contributed by atoms with Crippen molar-refractivity contribution in [2.45, 2.75) is 76.3 Å². The molecular weight excluding hydrogens is 402 g/mol. The maximum Gasteiger partial charge on any atom is 0.122 e. The lowest BCUT2D eigenvalue weighted by Gasteiger charge is -2.64. The van der Waals surface area contributed by atoms with E-state index in [2.05, 4.69) is 67.7 Å². The van der Waals surface area contributed by atoms with Crippen LogP contribution in [0.4, 0.5) is 0 Å². The Morgan fingerprint density at radius 1 is 1.00 bits per heavy atom. The van der Waals surface area contributed by atoms with Gasteiger partial charge in [-0.1, -0.05) is 41.9 Å². The van der Waals surface area contributed by atoms with Crippen LogP contribution in [0.5, 0.6) is 5.75 Å². The SMILES string of the molecule is COc1ccccc1C[C@@H](C)N[C@@H](C)C12C[C@H]3C[C@@H](CC(c4ccc(Cl)cc4)(C3)C1)C2. The third-order valence-corrected chi connectivity index (χ3v) is 8.99. The van der Waals surface area contributed by atoms with Crippen LogP contribution < -0.4 is 10.1 Å². The summed E-state index contributed by atoms with van der Waals surface area (Å²) in [6, 6.07) is 18.2. The van der Waals surface area contributed by atoms with Crippen LogP contribution >= 0.6 is 11.6 Å². The molecule has 0 spiro atoms. The topological polar surface area (TPSA) is 21.3 Å². The molecule has 3 heteroatoms. The van der Waals surface area contributed by atoms with Crippen LogP contribution in [-0.2, 0) is 11.8 Å². The second-order valence-corrected chi connectivity index (χ2v) is 11.4. The molecule has 31 heavy (non-hydrogen) atoms. The highest BCUT2D eigenvalue weighted by molar-refractivity contribution is 6.30. The quantitative estimate of drug-likeness (QED) is 0.514. The lowest BCUT2D eigenvalue weighted by molar-refractivity contribution is -0.0893. The van der Waals surface area contributed by atoms with Gasteiger partial charge in [-0.15, -0.1) is 0 Å². The van der Waals surface area contributed by atoms with Gasteiger partial charge in [-0.25, -0.2) is 0 Å². The van der Waals surface area contributed by atoms with Gasteiger partial charge in [-0.05, 0) is 111 Å². The van der Waals surface area contributed by atoms with Crippen LogP contribution in [0.1, 0.15) is 63.5 Å². The Hall–Kier alpha value is -1.51. The number of hydrogen-bond acceptors (Lipinski definition) is 2. The molecule has 4 atom stereocenters. The summed E-state index contributed by atoms with van der Waals surface area (Å²) in [5, 5.41) is 4.89. The third-order valence-electron chi connectivity index (χ3n) is 8.73. The molecule has 0 radical (unpaired) electrons. The summed E-state index contributed by atoms with van der Waals surface area (Å²) in [7, 11) is 1.77. The summed E-state index contributed by atoms with van der Waals surface area (Å²) < 4.78 is 5.58. The molecule has 0 heterocycles. The summed E-state index contributed by atoms with van der Waals surface area (Å²) in [5.41, 5.74) is 3.60. The number of benzene rings is 2. The first-order chi connectivity index (χ1) is 14.9. The van der Waals surface area contributed by atoms with Gasteiger partial charge in [-0.2, -0.15) is 0 Å². The van der Waals surface area contributed by atoms with Crippen molar-refractivity contribution < 1.29 is 4.74 Å². The summed E-state index contributed by atoms with van der Waals surface area (Å²) in [4.78, 5) is 0. The van der Waals surface area contributed by atoms with Crippen LogP contribution in [0, 0.1) is 17.3 Å². The molecule has 2 aromatic carbocycles. The Morgan fingerprint density at radius 2 is 1.68 bits per heavy atom. The number of rotatable bonds is 7. The number of halogens is 1. The Labute approximate surface area is 192 Å². The number of nitrogens with one attached hydrogen (secondary N) is 1. The number of para-hydroxylation sites is 1. The Bertz CT molecular complexity index is 909. The predicted molar refractivity (Wildman–Crippen MR) is 129 cm³/mol. The minimum atomic E-state index is 0.358. The first-order valence-electron chi connectivity index (χ1n) is 12.1. The predicted octanol–water partition coefficient (Wildman–Crippen LogP) is 6.80. The maximum atomic E-state index is 6.22. The van der Waals surface area contributed by atoms with Gasteiger partial charge in [0.1, 0.15) is 5.75 Å². The zero-order chi connectivity index (χ0) is 21.6. The lowest BCUT2D eigenvalue weighted by Crippen LogP contribution is -2.60. The van der Waals surface area contributed by atoms with Gasteiger partial charge >= 0.3 is 0 Å². The van der Waals surface area contributed by atoms with Crippen molar-refractivity contribution in [2.24, 2.45) is 17.3 Å². The molecule has 0 amide bonds. The van der Waals surface area contributed by atoms with Crippen LogP contribution in [0.3, 0.4) is 0 Å². The average molecular weight is 438 g/mol. The zero-order valence-electron chi connectivity index (χ0n) is 19.2. The molecule has 4 saturated carbocycles. The van der Waals surface area contributed by atoms with Crippen LogP contribution in [0.2, 0.25) is 5.02 Å². The Kier molecular flexibility index (Phi) is 5.59. The highest BCUT2D eigenvalue weighted by Gasteiger charge is 2.59. The van der Waals surface area contributed by atoms with E-state index in [0.717, 1.165) is 29.0 Å². The van der Waals surface area contributed by atoms with Crippen molar-refractivity contribution >= 4 is 11.6 Å². The zero-order valence-corrected chi connectivity index (χ0v) is 19.9. The molecule has 4 fully saturated rings. The van der Waals surface area contributed by atoms with Gasteiger partial charge < -0.3 is 10.1 Å². The fourth-order valence-electron chi connectivity index (χ4n) is 7.85. The average Bonchev–Trinajstić information content (AvgIpc) is 2.73. The minimum Gasteiger partial charge on any atom is -0.496 e. The molecule has 2 nitrogen and oxygen atoms in total. The van der Waals surface area contributed by atoms with Gasteiger partial charge in [0.15, 0.2) is 0 Å². The summed E-state index contributed by atoms with van der Waals surface area (Å²) in [5.74, 6) is 2.76. The number of ether oxygens (including phenoxy) is 1. The lowest BCUT2D eigenvalue weighted by atomic mass is 9.41. The van der Waals surface area contributed by atoms with E-state index in [0.29, 0.717) is 22.9 Å². The Morgan fingerprint density at radius 3 is 2.35 bits per heavy atom. The monoisotopic (exact) mass is 437 g/mol. The molecule has 4 bridgehead atoms. The van der Waals surface area contributed by atoms with Gasteiger partial charge in [0, 0.05) is 17.1 Å². The molecule has 0 unspecified atom stereocenters. The van der Waals surface area contributed by atoms with Crippen molar-refractivity contribution in [3.63, 3.8) is 0 Å². The molecule has 0 saturated heterocycles. The fourth-order valence-corrected chi connectivity index (χ4v) is 7.97. The van der Waals surface area contributed by atoms with E-state index in [1.54, 1.807) is 7.11 Å². The molecule has 6 rings (SSSR count). The molecule has 2 aromatic rings. The van der Waals surface area contributed by atoms with Crippen LogP contribution in [-0.4, -0.2) is 19.2 Å². The Balaban J connectivity index is 1.35. The molecular formula is C28H36ClNO. The van der Waals surface area contributed by atoms with E-state index >= 15 is 0 Å². The molecule has 166 valence electrons. The van der Waals surface area contributed by atoms with Crippen molar-refractivity contribution in [1.82, 2.24) is 5.32 Å². The van der Waals surface area contributed by atoms with E-state index in [1.165, 1.54) is 49.7 Å². The molecule has 0 aliphatic heterocycles. The summed E-state index contributed by atoms with van der Waals surface area (Å²) in [6.45, 7) is 4.79. The first kappa shape index (κ1) is 21.3. The summed E-state index contributed by atoms with van der Waals surface area (Å²) in [6.07, 6.45) is 9.31. The molecule has 0 aromatic heterocycles. The van der Waals surface area contributed by atoms with Crippen molar-refractivity contribution in [3.05, 3.63) is 64.7 Å². The van der Waals surface area contributed by atoms with E-state index < -0.39 is 0 Å². The molecule has 1 N–H and O–H groups in total. The number of methoxy groups -OCH3 is 1. The molecule has 4 aliphatic rings. The highest BCUT2D eigenvalue weighted by Crippen LogP contribution is 2.66. The summed E-state index contributed by atoms with van der Waals surface area (Å²) >= 11 is 6.22. The molecule has 4 aliphatic carbocycles. The first-order valence-corrected chi connectivity index (χ1v) is 12.4. The van der Waals surface area contributed by atoms with Crippen molar-refractivity contribution in [1.29, 1.82) is 0 Å². The largest absolute Gasteiger partial charge is 0.496 e. The van der Waals surface area contributed by atoms with Gasteiger partial charge in [0.05, 0.1) is 7.11 Å². The van der Waals surface area contributed by atoms with E-state index in [1.807, 2.05) is 0 Å². The number of hydrogen-bond donors (Lipinski definition) is 1. The normalized spacial score (nSPS) is 33.3. The second kappa shape index (κ2) is 8.12. The highest BCUT2D eigenvalue weighted by atomic mass is 35.5. The van der Waals surface area contributed by atoms with Gasteiger partial charge in [0.2, 0.25) is 0 Å². The smallest absolute Gasteiger partial charge is 0.122 e. The second-order valence-electron chi connectivity index (χ2n) is 10.9. The van der Waals surface area contributed by atoms with Gasteiger partial charge in [-0.3, -0.25) is 0 Å². The third kappa shape index (κ3) is 3.91. The van der Waals surface area contributed by atoms with E-state index in [-0.39, 0.29) is 0 Å².